The Morgan fingerprint density at radius 1 is 1.19 bits per heavy atom. The van der Waals surface area contributed by atoms with Gasteiger partial charge in [-0.3, -0.25) is 14.6 Å². The SMILES string of the molecule is CN=C(NCCOc1cccc(NC(C)=O)c1)NC1CCN(C(=O)C2CCCCC2)C1.I. The normalized spacial score (nSPS) is 19.1. The zero-order valence-corrected chi connectivity index (χ0v) is 21.4. The second-order valence-corrected chi connectivity index (χ2v) is 8.31. The van der Waals surface area contributed by atoms with Crippen molar-refractivity contribution in [3.05, 3.63) is 24.3 Å². The lowest BCUT2D eigenvalue weighted by Gasteiger charge is -2.26. The summed E-state index contributed by atoms with van der Waals surface area (Å²) in [4.78, 5) is 30.2. The predicted molar refractivity (Wildman–Crippen MR) is 138 cm³/mol. The number of amides is 2. The van der Waals surface area contributed by atoms with Crippen LogP contribution >= 0.6 is 24.0 Å². The minimum Gasteiger partial charge on any atom is -0.492 e. The lowest BCUT2D eigenvalue weighted by atomic mass is 9.88. The van der Waals surface area contributed by atoms with Crippen molar-refractivity contribution >= 4 is 47.4 Å². The summed E-state index contributed by atoms with van der Waals surface area (Å²) >= 11 is 0. The number of hydrogen-bond donors (Lipinski definition) is 3. The van der Waals surface area contributed by atoms with Crippen LogP contribution in [0.15, 0.2) is 29.3 Å². The van der Waals surface area contributed by atoms with Crippen LogP contribution in [0.5, 0.6) is 5.75 Å². The van der Waals surface area contributed by atoms with Crippen LogP contribution in [0.1, 0.15) is 45.4 Å². The molecular formula is C23H36IN5O3. The van der Waals surface area contributed by atoms with E-state index in [0.717, 1.165) is 32.4 Å². The average molecular weight is 557 g/mol. The first-order chi connectivity index (χ1) is 15.0. The molecule has 8 nitrogen and oxygen atoms in total. The van der Waals surface area contributed by atoms with Crippen molar-refractivity contribution in [2.75, 3.05) is 38.6 Å². The second kappa shape index (κ2) is 13.5. The first kappa shape index (κ1) is 26.2. The maximum atomic E-state index is 12.7. The molecule has 0 bridgehead atoms. The highest BCUT2D eigenvalue weighted by Crippen LogP contribution is 2.26. The van der Waals surface area contributed by atoms with Crippen LogP contribution in [0, 0.1) is 5.92 Å². The number of nitrogens with zero attached hydrogens (tertiary/aromatic N) is 2. The molecular weight excluding hydrogens is 521 g/mol. The Bertz CT molecular complexity index is 783. The Labute approximate surface area is 208 Å². The zero-order valence-electron chi connectivity index (χ0n) is 19.1. The van der Waals surface area contributed by atoms with E-state index in [2.05, 4.69) is 20.9 Å². The Kier molecular flexibility index (Phi) is 11.1. The Morgan fingerprint density at radius 2 is 1.97 bits per heavy atom. The second-order valence-electron chi connectivity index (χ2n) is 8.31. The molecule has 1 aliphatic heterocycles. The van der Waals surface area contributed by atoms with Gasteiger partial charge in [-0.1, -0.05) is 25.3 Å². The van der Waals surface area contributed by atoms with Gasteiger partial charge in [-0.2, -0.15) is 0 Å². The molecule has 1 aromatic carbocycles. The van der Waals surface area contributed by atoms with Gasteiger partial charge in [0.25, 0.3) is 0 Å². The molecule has 32 heavy (non-hydrogen) atoms. The third-order valence-corrected chi connectivity index (χ3v) is 5.84. The smallest absolute Gasteiger partial charge is 0.225 e. The van der Waals surface area contributed by atoms with E-state index in [0.29, 0.717) is 36.5 Å². The number of hydrogen-bond acceptors (Lipinski definition) is 4. The van der Waals surface area contributed by atoms with Gasteiger partial charge < -0.3 is 25.6 Å². The van der Waals surface area contributed by atoms with Gasteiger partial charge in [-0.25, -0.2) is 0 Å². The Hall–Kier alpha value is -2.04. The highest BCUT2D eigenvalue weighted by molar-refractivity contribution is 14.0. The number of anilines is 1. The molecule has 1 saturated heterocycles. The van der Waals surface area contributed by atoms with Crippen LogP contribution in [0.4, 0.5) is 5.69 Å². The molecule has 1 unspecified atom stereocenters. The fourth-order valence-electron chi connectivity index (χ4n) is 4.28. The molecule has 1 aromatic rings. The molecule has 1 atom stereocenters. The summed E-state index contributed by atoms with van der Waals surface area (Å²) in [5.74, 6) is 1.86. The summed E-state index contributed by atoms with van der Waals surface area (Å²) in [5, 5.41) is 9.43. The molecule has 2 amide bonds. The average Bonchev–Trinajstić information content (AvgIpc) is 3.24. The molecule has 178 valence electrons. The number of guanidine groups is 1. The van der Waals surface area contributed by atoms with Crippen molar-refractivity contribution in [2.24, 2.45) is 10.9 Å². The topological polar surface area (TPSA) is 95.1 Å². The maximum Gasteiger partial charge on any atom is 0.225 e. The van der Waals surface area contributed by atoms with Crippen molar-refractivity contribution in [1.29, 1.82) is 0 Å². The van der Waals surface area contributed by atoms with Crippen LogP contribution in [0.25, 0.3) is 0 Å². The molecule has 0 radical (unpaired) electrons. The van der Waals surface area contributed by atoms with E-state index >= 15 is 0 Å². The minimum atomic E-state index is -0.111. The molecule has 9 heteroatoms. The van der Waals surface area contributed by atoms with Crippen molar-refractivity contribution < 1.29 is 14.3 Å². The van der Waals surface area contributed by atoms with E-state index in [1.165, 1.54) is 26.2 Å². The molecule has 1 heterocycles. The summed E-state index contributed by atoms with van der Waals surface area (Å²) in [6, 6.07) is 7.53. The maximum absolute atomic E-state index is 12.7. The molecule has 2 fully saturated rings. The number of nitrogens with one attached hydrogen (secondary N) is 3. The van der Waals surface area contributed by atoms with Crippen molar-refractivity contribution in [3.63, 3.8) is 0 Å². The van der Waals surface area contributed by atoms with Gasteiger partial charge in [0.05, 0.1) is 6.54 Å². The number of halogens is 1. The molecule has 0 aromatic heterocycles. The molecule has 3 N–H and O–H groups in total. The van der Waals surface area contributed by atoms with E-state index in [-0.39, 0.29) is 41.8 Å². The first-order valence-electron chi connectivity index (χ1n) is 11.3. The highest BCUT2D eigenvalue weighted by atomic mass is 127. The fraction of sp³-hybridized carbons (Fsp3) is 0.609. The predicted octanol–water partition coefficient (Wildman–Crippen LogP) is 2.99. The minimum absolute atomic E-state index is 0. The number of ether oxygens (including phenoxy) is 1. The summed E-state index contributed by atoms with van der Waals surface area (Å²) in [5.41, 5.74) is 0.712. The molecule has 0 spiro atoms. The monoisotopic (exact) mass is 557 g/mol. The van der Waals surface area contributed by atoms with Crippen molar-refractivity contribution in [1.82, 2.24) is 15.5 Å². The van der Waals surface area contributed by atoms with Crippen LogP contribution in [0.3, 0.4) is 0 Å². The van der Waals surface area contributed by atoms with Crippen LogP contribution in [-0.2, 0) is 9.59 Å². The highest BCUT2D eigenvalue weighted by Gasteiger charge is 2.31. The Balaban J connectivity index is 0.00000363. The number of benzene rings is 1. The van der Waals surface area contributed by atoms with Gasteiger partial charge in [0, 0.05) is 50.8 Å². The number of aliphatic imine (C=N–C) groups is 1. The van der Waals surface area contributed by atoms with Gasteiger partial charge >= 0.3 is 0 Å². The van der Waals surface area contributed by atoms with Crippen molar-refractivity contribution in [2.45, 2.75) is 51.5 Å². The molecule has 1 aliphatic carbocycles. The largest absolute Gasteiger partial charge is 0.492 e. The fourth-order valence-corrected chi connectivity index (χ4v) is 4.28. The van der Waals surface area contributed by atoms with Gasteiger partial charge in [0.15, 0.2) is 5.96 Å². The van der Waals surface area contributed by atoms with Gasteiger partial charge in [0.2, 0.25) is 11.8 Å². The number of carbonyl (C=O) groups excluding carboxylic acids is 2. The van der Waals surface area contributed by atoms with E-state index in [1.807, 2.05) is 23.1 Å². The van der Waals surface area contributed by atoms with Gasteiger partial charge in [0.1, 0.15) is 12.4 Å². The van der Waals surface area contributed by atoms with E-state index in [1.54, 1.807) is 13.1 Å². The van der Waals surface area contributed by atoms with E-state index in [9.17, 15) is 9.59 Å². The van der Waals surface area contributed by atoms with Crippen LogP contribution in [-0.4, -0.2) is 62.0 Å². The quantitative estimate of drug-likeness (QED) is 0.208. The van der Waals surface area contributed by atoms with Crippen LogP contribution < -0.4 is 20.7 Å². The third-order valence-electron chi connectivity index (χ3n) is 5.84. The van der Waals surface area contributed by atoms with E-state index < -0.39 is 0 Å². The van der Waals surface area contributed by atoms with Gasteiger partial charge in [-0.05, 0) is 31.4 Å². The molecule has 2 aliphatic rings. The van der Waals surface area contributed by atoms with Gasteiger partial charge in [-0.15, -0.1) is 24.0 Å². The summed E-state index contributed by atoms with van der Waals surface area (Å²) in [7, 11) is 1.74. The summed E-state index contributed by atoms with van der Waals surface area (Å²) < 4.78 is 5.76. The summed E-state index contributed by atoms with van der Waals surface area (Å²) in [6.45, 7) is 4.08. The molecule has 1 saturated carbocycles. The number of carbonyl (C=O) groups is 2. The summed E-state index contributed by atoms with van der Waals surface area (Å²) in [6.07, 6.45) is 6.66. The molecule has 3 rings (SSSR count). The Morgan fingerprint density at radius 3 is 2.69 bits per heavy atom. The van der Waals surface area contributed by atoms with E-state index in [4.69, 9.17) is 4.74 Å². The first-order valence-corrected chi connectivity index (χ1v) is 11.3. The standard InChI is InChI=1S/C23H35N5O3.HI/c1-17(29)26-19-9-6-10-21(15-19)31-14-12-25-23(24-2)27-20-11-13-28(16-20)22(30)18-7-4-3-5-8-18;/h6,9-10,15,18,20H,3-5,7-8,11-14,16H2,1-2H3,(H,26,29)(H2,24,25,27);1H. The van der Waals surface area contributed by atoms with Crippen LogP contribution in [0.2, 0.25) is 0 Å². The number of rotatable bonds is 7. The van der Waals surface area contributed by atoms with Crippen molar-refractivity contribution in [3.8, 4) is 5.75 Å². The third kappa shape index (κ3) is 8.14. The number of likely N-dealkylation sites (tertiary alicyclic amines) is 1. The lowest BCUT2D eigenvalue weighted by Crippen LogP contribution is -2.46. The zero-order chi connectivity index (χ0) is 22.1. The lowest BCUT2D eigenvalue weighted by molar-refractivity contribution is -0.135.